The van der Waals surface area contributed by atoms with Crippen molar-refractivity contribution in [3.63, 3.8) is 0 Å². The van der Waals surface area contributed by atoms with Gasteiger partial charge in [-0.2, -0.15) is 0 Å². The van der Waals surface area contributed by atoms with Gasteiger partial charge in [0.1, 0.15) is 5.75 Å². The van der Waals surface area contributed by atoms with Gasteiger partial charge in [-0.25, -0.2) is 4.79 Å². The highest BCUT2D eigenvalue weighted by Crippen LogP contribution is 2.17. The van der Waals surface area contributed by atoms with E-state index in [0.29, 0.717) is 11.3 Å². The van der Waals surface area contributed by atoms with Crippen molar-refractivity contribution in [2.45, 2.75) is 13.8 Å². The van der Waals surface area contributed by atoms with Gasteiger partial charge in [0.05, 0.1) is 7.11 Å². The number of phenols is 1. The van der Waals surface area contributed by atoms with Crippen LogP contribution in [-0.2, 0) is 9.53 Å². The van der Waals surface area contributed by atoms with Crippen LogP contribution in [0.4, 0.5) is 0 Å². The normalized spacial score (nSPS) is 10.8. The van der Waals surface area contributed by atoms with E-state index in [-0.39, 0.29) is 5.97 Å². The highest BCUT2D eigenvalue weighted by Gasteiger charge is 1.95. The summed E-state index contributed by atoms with van der Waals surface area (Å²) in [6, 6.07) is 17.4. The maximum absolute atomic E-state index is 10.2. The smallest absolute Gasteiger partial charge is 0.332 e. The molecule has 0 bridgehead atoms. The summed E-state index contributed by atoms with van der Waals surface area (Å²) in [6.45, 7) is 7.01. The Morgan fingerprint density at radius 3 is 2.12 bits per heavy atom. The van der Waals surface area contributed by atoms with Crippen LogP contribution in [0.2, 0.25) is 0 Å². The fourth-order valence-corrected chi connectivity index (χ4v) is 1.86. The molecule has 0 radical (unpaired) electrons. The Bertz CT molecular complexity index is 739. The molecule has 0 fully saturated rings. The number of allylic oxidation sites excluding steroid dienone is 3. The van der Waals surface area contributed by atoms with Gasteiger partial charge in [-0.15, -0.1) is 0 Å². The van der Waals surface area contributed by atoms with E-state index < -0.39 is 0 Å². The monoisotopic (exact) mass is 336 g/mol. The molecule has 2 rings (SSSR count). The van der Waals surface area contributed by atoms with E-state index in [1.807, 2.05) is 36.4 Å². The van der Waals surface area contributed by atoms with E-state index >= 15 is 0 Å². The van der Waals surface area contributed by atoms with Gasteiger partial charge in [0, 0.05) is 5.57 Å². The van der Waals surface area contributed by atoms with Crippen molar-refractivity contribution < 1.29 is 14.6 Å². The first-order valence-corrected chi connectivity index (χ1v) is 7.87. The zero-order valence-corrected chi connectivity index (χ0v) is 14.9. The fraction of sp³-hybridized carbons (Fsp3) is 0.136. The molecule has 0 aliphatic carbocycles. The molecule has 0 aromatic heterocycles. The van der Waals surface area contributed by atoms with Gasteiger partial charge in [0.15, 0.2) is 0 Å². The van der Waals surface area contributed by atoms with Crippen LogP contribution in [0.15, 0.2) is 78.9 Å². The number of benzene rings is 2. The topological polar surface area (TPSA) is 46.5 Å². The first-order valence-electron chi connectivity index (χ1n) is 7.87. The largest absolute Gasteiger partial charge is 0.508 e. The zero-order valence-electron chi connectivity index (χ0n) is 14.9. The SMILES string of the molecule is C=C(C)C(=O)OC.CC(=CC=Cc1ccccc1)c1ccc(O)cc1. The number of phenolic OH excluding ortho intramolecular Hbond substituents is 1. The molecular formula is C22H24O3. The number of methoxy groups -OCH3 is 1. The van der Waals surface area contributed by atoms with Gasteiger partial charge in [-0.3, -0.25) is 0 Å². The second-order valence-electron chi connectivity index (χ2n) is 5.44. The second kappa shape index (κ2) is 10.7. The number of carbonyl (C=O) groups excluding carboxylic acids is 1. The summed E-state index contributed by atoms with van der Waals surface area (Å²) in [5, 5.41) is 9.23. The van der Waals surface area contributed by atoms with Crippen molar-refractivity contribution >= 4 is 17.6 Å². The summed E-state index contributed by atoms with van der Waals surface area (Å²) in [7, 11) is 1.33. The van der Waals surface area contributed by atoms with Gasteiger partial charge in [0.25, 0.3) is 0 Å². The molecule has 0 atom stereocenters. The minimum atomic E-state index is -0.347. The number of esters is 1. The molecule has 3 heteroatoms. The Kier molecular flexibility index (Phi) is 8.52. The lowest BCUT2D eigenvalue weighted by atomic mass is 10.1. The summed E-state index contributed by atoms with van der Waals surface area (Å²) in [5.74, 6) is -0.0497. The second-order valence-corrected chi connectivity index (χ2v) is 5.44. The summed E-state index contributed by atoms with van der Waals surface area (Å²) < 4.78 is 4.27. The van der Waals surface area contributed by atoms with Crippen molar-refractivity contribution in [2.24, 2.45) is 0 Å². The number of hydrogen-bond donors (Lipinski definition) is 1. The van der Waals surface area contributed by atoms with Crippen molar-refractivity contribution in [2.75, 3.05) is 7.11 Å². The Labute approximate surface area is 149 Å². The lowest BCUT2D eigenvalue weighted by Crippen LogP contribution is -1.98. The summed E-state index contributed by atoms with van der Waals surface area (Å²) in [5.41, 5.74) is 3.91. The molecule has 1 N–H and O–H groups in total. The summed E-state index contributed by atoms with van der Waals surface area (Å²) >= 11 is 0. The summed E-state index contributed by atoms with van der Waals surface area (Å²) in [4.78, 5) is 10.2. The van der Waals surface area contributed by atoms with Crippen LogP contribution in [0, 0.1) is 0 Å². The van der Waals surface area contributed by atoms with Crippen molar-refractivity contribution in [1.82, 2.24) is 0 Å². The van der Waals surface area contributed by atoms with E-state index in [4.69, 9.17) is 0 Å². The van der Waals surface area contributed by atoms with E-state index in [1.54, 1.807) is 19.1 Å². The molecule has 0 saturated heterocycles. The highest BCUT2D eigenvalue weighted by atomic mass is 16.5. The lowest BCUT2D eigenvalue weighted by Gasteiger charge is -2.00. The quantitative estimate of drug-likeness (QED) is 0.471. The van der Waals surface area contributed by atoms with Gasteiger partial charge >= 0.3 is 5.97 Å². The first-order chi connectivity index (χ1) is 11.9. The van der Waals surface area contributed by atoms with Crippen molar-refractivity contribution in [3.05, 3.63) is 90.0 Å². The Hall–Kier alpha value is -3.07. The third kappa shape index (κ3) is 7.84. The third-order valence-electron chi connectivity index (χ3n) is 3.29. The van der Waals surface area contributed by atoms with Gasteiger partial charge in [-0.05, 0) is 42.7 Å². The summed E-state index contributed by atoms with van der Waals surface area (Å²) in [6.07, 6.45) is 6.18. The van der Waals surface area contributed by atoms with Crippen LogP contribution in [0.25, 0.3) is 11.6 Å². The predicted octanol–water partition coefficient (Wildman–Crippen LogP) is 5.24. The van der Waals surface area contributed by atoms with E-state index in [1.165, 1.54) is 18.2 Å². The Morgan fingerprint density at radius 1 is 1.04 bits per heavy atom. The Balaban J connectivity index is 0.000000381. The predicted molar refractivity (Wildman–Crippen MR) is 104 cm³/mol. The molecule has 25 heavy (non-hydrogen) atoms. The third-order valence-corrected chi connectivity index (χ3v) is 3.29. The first kappa shape index (κ1) is 20.0. The van der Waals surface area contributed by atoms with Gasteiger partial charge in [-0.1, -0.05) is 67.3 Å². The lowest BCUT2D eigenvalue weighted by molar-refractivity contribution is -0.136. The molecule has 130 valence electrons. The molecule has 3 nitrogen and oxygen atoms in total. The minimum Gasteiger partial charge on any atom is -0.508 e. The molecule has 2 aromatic rings. The van der Waals surface area contributed by atoms with Crippen molar-refractivity contribution in [1.29, 1.82) is 0 Å². The molecule has 0 saturated carbocycles. The standard InChI is InChI=1S/C17H16O.C5H8O2/c1-14(16-10-12-17(18)13-11-16)6-5-9-15-7-3-2-4-8-15;1-4(2)5(6)7-3/h2-13,18H,1H3;1H2,2-3H3. The molecule has 0 heterocycles. The molecule has 0 aliphatic heterocycles. The van der Waals surface area contributed by atoms with Crippen LogP contribution in [0.1, 0.15) is 25.0 Å². The number of aromatic hydroxyl groups is 1. The van der Waals surface area contributed by atoms with Crippen molar-refractivity contribution in [3.8, 4) is 5.75 Å². The molecule has 0 amide bonds. The minimum absolute atomic E-state index is 0.298. The van der Waals surface area contributed by atoms with Crippen LogP contribution < -0.4 is 0 Å². The van der Waals surface area contributed by atoms with E-state index in [2.05, 4.69) is 42.5 Å². The molecular weight excluding hydrogens is 312 g/mol. The molecule has 0 unspecified atom stereocenters. The molecule has 0 spiro atoms. The average molecular weight is 336 g/mol. The van der Waals surface area contributed by atoms with Crippen LogP contribution in [-0.4, -0.2) is 18.2 Å². The molecule has 0 aliphatic rings. The highest BCUT2D eigenvalue weighted by molar-refractivity contribution is 5.86. The van der Waals surface area contributed by atoms with Crippen LogP contribution in [0.5, 0.6) is 5.75 Å². The van der Waals surface area contributed by atoms with Gasteiger partial charge in [0.2, 0.25) is 0 Å². The van der Waals surface area contributed by atoms with Crippen LogP contribution in [0.3, 0.4) is 0 Å². The number of carbonyl (C=O) groups is 1. The number of hydrogen-bond acceptors (Lipinski definition) is 3. The van der Waals surface area contributed by atoms with E-state index in [0.717, 1.165) is 5.56 Å². The van der Waals surface area contributed by atoms with Gasteiger partial charge < -0.3 is 9.84 Å². The number of ether oxygens (including phenoxy) is 1. The maximum atomic E-state index is 10.2. The van der Waals surface area contributed by atoms with Crippen LogP contribution >= 0.6 is 0 Å². The Morgan fingerprint density at radius 2 is 1.64 bits per heavy atom. The maximum Gasteiger partial charge on any atom is 0.332 e. The number of rotatable bonds is 4. The molecule has 2 aromatic carbocycles. The zero-order chi connectivity index (χ0) is 18.7. The fourth-order valence-electron chi connectivity index (χ4n) is 1.86. The van der Waals surface area contributed by atoms with E-state index in [9.17, 15) is 9.90 Å². The average Bonchev–Trinajstić information content (AvgIpc) is 2.63.